The third-order valence-electron chi connectivity index (χ3n) is 5.05. The summed E-state index contributed by atoms with van der Waals surface area (Å²) >= 11 is 0. The lowest BCUT2D eigenvalue weighted by molar-refractivity contribution is -0.143. The molecule has 3 aromatic carbocycles. The molecular weight excluding hydrogens is 430 g/mol. The Morgan fingerprint density at radius 2 is 1.47 bits per heavy atom. The van der Waals surface area contributed by atoms with Crippen LogP contribution in [-0.4, -0.2) is 24.5 Å². The van der Waals surface area contributed by atoms with E-state index < -0.39 is 0 Å². The third kappa shape index (κ3) is 8.09. The number of benzene rings is 3. The Bertz CT molecular complexity index is 1120. The van der Waals surface area contributed by atoms with Gasteiger partial charge in [-0.1, -0.05) is 60.7 Å². The molecule has 0 spiro atoms. The number of ether oxygens (including phenoxy) is 1. The summed E-state index contributed by atoms with van der Waals surface area (Å²) in [6, 6.07) is 23.8. The number of hydrogen-bond donors (Lipinski definition) is 3. The highest BCUT2D eigenvalue weighted by Gasteiger charge is 2.09. The van der Waals surface area contributed by atoms with E-state index >= 15 is 0 Å². The molecule has 0 aliphatic heterocycles. The Labute approximate surface area is 199 Å². The van der Waals surface area contributed by atoms with Crippen molar-refractivity contribution in [3.8, 4) is 0 Å². The fourth-order valence-electron chi connectivity index (χ4n) is 3.35. The number of nitrogens with one attached hydrogen (secondary N) is 3. The van der Waals surface area contributed by atoms with Gasteiger partial charge in [0.05, 0.1) is 6.61 Å². The first-order valence-corrected chi connectivity index (χ1v) is 11.2. The first-order chi connectivity index (χ1) is 16.5. The summed E-state index contributed by atoms with van der Waals surface area (Å²) < 4.78 is 4.96. The Hall–Kier alpha value is -4.13. The predicted molar refractivity (Wildman–Crippen MR) is 131 cm³/mol. The fourth-order valence-corrected chi connectivity index (χ4v) is 3.35. The van der Waals surface area contributed by atoms with Gasteiger partial charge in [-0.3, -0.25) is 9.59 Å². The van der Waals surface area contributed by atoms with E-state index in [1.807, 2.05) is 54.6 Å². The van der Waals surface area contributed by atoms with Crippen molar-refractivity contribution in [3.05, 3.63) is 101 Å². The van der Waals surface area contributed by atoms with Gasteiger partial charge < -0.3 is 20.7 Å². The normalized spacial score (nSPS) is 10.3. The molecule has 3 aromatic rings. The van der Waals surface area contributed by atoms with Crippen LogP contribution in [0.1, 0.15) is 40.4 Å². The summed E-state index contributed by atoms with van der Waals surface area (Å²) in [6.07, 6.45) is 0.906. The van der Waals surface area contributed by atoms with Crippen LogP contribution >= 0.6 is 0 Å². The van der Waals surface area contributed by atoms with Crippen molar-refractivity contribution < 1.29 is 19.1 Å². The predicted octanol–water partition coefficient (Wildman–Crippen LogP) is 4.43. The molecule has 3 rings (SSSR count). The van der Waals surface area contributed by atoms with Crippen molar-refractivity contribution >= 4 is 23.6 Å². The number of aryl methyl sites for hydroxylation is 1. The van der Waals surface area contributed by atoms with Crippen LogP contribution in [0.3, 0.4) is 0 Å². The summed E-state index contributed by atoms with van der Waals surface area (Å²) in [5.41, 5.74) is 3.91. The van der Waals surface area contributed by atoms with Crippen LogP contribution in [0.25, 0.3) is 0 Å². The zero-order chi connectivity index (χ0) is 24.2. The van der Waals surface area contributed by atoms with E-state index in [0.717, 1.165) is 16.7 Å². The van der Waals surface area contributed by atoms with Gasteiger partial charge in [0.1, 0.15) is 0 Å². The highest BCUT2D eigenvalue weighted by molar-refractivity contribution is 5.96. The number of rotatable bonds is 10. The summed E-state index contributed by atoms with van der Waals surface area (Å²) in [5.74, 6) is -0.464. The van der Waals surface area contributed by atoms with Crippen molar-refractivity contribution in [2.24, 2.45) is 0 Å². The van der Waals surface area contributed by atoms with Crippen LogP contribution in [0.4, 0.5) is 10.5 Å². The highest BCUT2D eigenvalue weighted by Crippen LogP contribution is 2.12. The molecule has 3 N–H and O–H groups in total. The van der Waals surface area contributed by atoms with Crippen LogP contribution in [0.15, 0.2) is 78.9 Å². The van der Waals surface area contributed by atoms with Gasteiger partial charge in [0.2, 0.25) is 0 Å². The Morgan fingerprint density at radius 3 is 2.26 bits per heavy atom. The molecule has 0 fully saturated rings. The van der Waals surface area contributed by atoms with Crippen molar-refractivity contribution in [1.29, 1.82) is 0 Å². The van der Waals surface area contributed by atoms with Crippen molar-refractivity contribution in [3.63, 3.8) is 0 Å². The smallest absolute Gasteiger partial charge is 0.319 e. The van der Waals surface area contributed by atoms with Gasteiger partial charge in [-0.15, -0.1) is 0 Å². The Kier molecular flexibility index (Phi) is 9.22. The number of anilines is 1. The van der Waals surface area contributed by atoms with E-state index in [1.54, 1.807) is 31.2 Å². The average Bonchev–Trinajstić information content (AvgIpc) is 2.86. The molecule has 0 unspecified atom stereocenters. The van der Waals surface area contributed by atoms with Gasteiger partial charge in [-0.2, -0.15) is 0 Å². The highest BCUT2D eigenvalue weighted by atomic mass is 16.5. The molecule has 34 heavy (non-hydrogen) atoms. The summed E-state index contributed by atoms with van der Waals surface area (Å²) in [7, 11) is 0. The lowest BCUT2D eigenvalue weighted by Gasteiger charge is -2.10. The standard InChI is InChI=1S/C27H29N3O4/c1-2-34-25(31)15-14-20-10-6-11-22(16-20)19-28-26(32)23-12-7-13-24(17-23)30-27(33)29-18-21-8-4-3-5-9-21/h3-13,16-17H,2,14-15,18-19H2,1H3,(H,28,32)(H2,29,30,33). The fraction of sp³-hybridized carbons (Fsp3) is 0.222. The van der Waals surface area contributed by atoms with E-state index in [-0.39, 0.29) is 17.9 Å². The lowest BCUT2D eigenvalue weighted by atomic mass is 10.1. The van der Waals surface area contributed by atoms with Crippen molar-refractivity contribution in [1.82, 2.24) is 10.6 Å². The SMILES string of the molecule is CCOC(=O)CCc1cccc(CNC(=O)c2cccc(NC(=O)NCc3ccccc3)c2)c1. The van der Waals surface area contributed by atoms with E-state index in [2.05, 4.69) is 16.0 Å². The molecule has 3 amide bonds. The minimum absolute atomic E-state index is 0.219. The maximum atomic E-state index is 12.6. The third-order valence-corrected chi connectivity index (χ3v) is 5.05. The number of esters is 1. The lowest BCUT2D eigenvalue weighted by Crippen LogP contribution is -2.28. The molecule has 0 bridgehead atoms. The molecular formula is C27H29N3O4. The second kappa shape index (κ2) is 12.8. The van der Waals surface area contributed by atoms with Gasteiger partial charge >= 0.3 is 12.0 Å². The molecule has 176 valence electrons. The molecule has 7 nitrogen and oxygen atoms in total. The monoisotopic (exact) mass is 459 g/mol. The van der Waals surface area contributed by atoms with Crippen LogP contribution < -0.4 is 16.0 Å². The van der Waals surface area contributed by atoms with Gasteiger partial charge in [-0.05, 0) is 48.2 Å². The van der Waals surface area contributed by atoms with Gasteiger partial charge in [0, 0.05) is 30.8 Å². The van der Waals surface area contributed by atoms with E-state index in [4.69, 9.17) is 4.74 Å². The van der Waals surface area contributed by atoms with Gasteiger partial charge in [-0.25, -0.2) is 4.79 Å². The first-order valence-electron chi connectivity index (χ1n) is 11.2. The summed E-state index contributed by atoms with van der Waals surface area (Å²) in [5, 5.41) is 8.44. The van der Waals surface area contributed by atoms with Crippen molar-refractivity contribution in [2.45, 2.75) is 32.9 Å². The van der Waals surface area contributed by atoms with Crippen LogP contribution in [0.2, 0.25) is 0 Å². The molecule has 0 aliphatic carbocycles. The van der Waals surface area contributed by atoms with Crippen LogP contribution in [-0.2, 0) is 29.0 Å². The van der Waals surface area contributed by atoms with E-state index in [9.17, 15) is 14.4 Å². The summed E-state index contributed by atoms with van der Waals surface area (Å²) in [6.45, 7) is 2.92. The topological polar surface area (TPSA) is 96.5 Å². The molecule has 0 aromatic heterocycles. The molecule has 0 saturated heterocycles. The van der Waals surface area contributed by atoms with E-state index in [1.165, 1.54) is 0 Å². The second-order valence-corrected chi connectivity index (χ2v) is 7.68. The minimum atomic E-state index is -0.346. The van der Waals surface area contributed by atoms with Gasteiger partial charge in [0.15, 0.2) is 0 Å². The molecule has 0 radical (unpaired) electrons. The Balaban J connectivity index is 1.50. The Morgan fingerprint density at radius 1 is 0.765 bits per heavy atom. The maximum absolute atomic E-state index is 12.6. The number of carbonyl (C=O) groups excluding carboxylic acids is 3. The summed E-state index contributed by atoms with van der Waals surface area (Å²) in [4.78, 5) is 36.4. The maximum Gasteiger partial charge on any atom is 0.319 e. The average molecular weight is 460 g/mol. The number of carbonyl (C=O) groups is 3. The van der Waals surface area contributed by atoms with Crippen LogP contribution in [0, 0.1) is 0 Å². The second-order valence-electron chi connectivity index (χ2n) is 7.68. The zero-order valence-electron chi connectivity index (χ0n) is 19.2. The number of amides is 3. The molecule has 0 atom stereocenters. The molecule has 0 aliphatic rings. The molecule has 0 heterocycles. The quantitative estimate of drug-likeness (QED) is 0.391. The molecule has 0 saturated carbocycles. The van der Waals surface area contributed by atoms with Gasteiger partial charge in [0.25, 0.3) is 5.91 Å². The zero-order valence-corrected chi connectivity index (χ0v) is 19.2. The minimum Gasteiger partial charge on any atom is -0.466 e. The molecule has 7 heteroatoms. The number of urea groups is 1. The van der Waals surface area contributed by atoms with Crippen molar-refractivity contribution in [2.75, 3.05) is 11.9 Å². The van der Waals surface area contributed by atoms with E-state index in [0.29, 0.717) is 43.8 Å². The first kappa shape index (κ1) is 24.5. The largest absolute Gasteiger partial charge is 0.466 e. The number of hydrogen-bond acceptors (Lipinski definition) is 4. The van der Waals surface area contributed by atoms with Crippen LogP contribution in [0.5, 0.6) is 0 Å².